The van der Waals surface area contributed by atoms with Crippen molar-refractivity contribution < 1.29 is 4.79 Å². The average Bonchev–Trinajstić information content (AvgIpc) is 2.40. The van der Waals surface area contributed by atoms with Gasteiger partial charge in [0.25, 0.3) is 0 Å². The Morgan fingerprint density at radius 3 is 2.50 bits per heavy atom. The van der Waals surface area contributed by atoms with Crippen LogP contribution in [0.2, 0.25) is 5.02 Å². The Morgan fingerprint density at radius 2 is 1.78 bits per heavy atom. The van der Waals surface area contributed by atoms with Crippen molar-refractivity contribution in [2.24, 2.45) is 0 Å². The van der Waals surface area contributed by atoms with Crippen molar-refractivity contribution in [3.63, 3.8) is 0 Å². The first-order valence-corrected chi connectivity index (χ1v) is 6.09. The predicted octanol–water partition coefficient (Wildman–Crippen LogP) is 4.54. The number of carbonyl (C=O) groups excluding carboxylic acids is 1. The van der Waals surface area contributed by atoms with Gasteiger partial charge in [-0.1, -0.05) is 60.1 Å². The van der Waals surface area contributed by atoms with E-state index < -0.39 is 0 Å². The quantitative estimate of drug-likeness (QED) is 0.582. The summed E-state index contributed by atoms with van der Waals surface area (Å²) < 4.78 is 0. The topological polar surface area (TPSA) is 17.1 Å². The average molecular weight is 257 g/mol. The van der Waals surface area contributed by atoms with E-state index in [9.17, 15) is 4.79 Å². The first-order valence-electron chi connectivity index (χ1n) is 5.71. The van der Waals surface area contributed by atoms with Crippen LogP contribution in [0, 0.1) is 6.92 Å². The van der Waals surface area contributed by atoms with Crippen LogP contribution in [0.15, 0.2) is 54.6 Å². The third-order valence-corrected chi connectivity index (χ3v) is 3.19. The van der Waals surface area contributed by atoms with Crippen LogP contribution in [0.3, 0.4) is 0 Å². The van der Waals surface area contributed by atoms with E-state index in [1.807, 2.05) is 49.4 Å². The summed E-state index contributed by atoms with van der Waals surface area (Å²) in [5, 5.41) is 0.528. The van der Waals surface area contributed by atoms with Crippen molar-refractivity contribution in [1.82, 2.24) is 0 Å². The van der Waals surface area contributed by atoms with E-state index in [1.165, 1.54) is 0 Å². The highest BCUT2D eigenvalue weighted by molar-refractivity contribution is 6.35. The van der Waals surface area contributed by atoms with Crippen LogP contribution in [0.25, 0.3) is 6.08 Å². The largest absolute Gasteiger partial charge is 0.289 e. The molecule has 0 aliphatic carbocycles. The second-order valence-electron chi connectivity index (χ2n) is 4.04. The number of hydrogen-bond donors (Lipinski definition) is 0. The number of rotatable bonds is 3. The van der Waals surface area contributed by atoms with Crippen molar-refractivity contribution >= 4 is 23.5 Å². The van der Waals surface area contributed by atoms with Gasteiger partial charge in [0.1, 0.15) is 0 Å². The molecule has 0 bridgehead atoms. The number of ketones is 1. The minimum atomic E-state index is -0.0763. The van der Waals surface area contributed by atoms with Crippen LogP contribution >= 0.6 is 11.6 Å². The molecule has 0 amide bonds. The summed E-state index contributed by atoms with van der Waals surface area (Å²) in [6.45, 7) is 1.89. The molecule has 2 heteroatoms. The predicted molar refractivity (Wildman–Crippen MR) is 76.0 cm³/mol. The molecule has 1 nitrogen and oxygen atoms in total. The Bertz CT molecular complexity index is 585. The molecule has 0 fully saturated rings. The lowest BCUT2D eigenvalue weighted by molar-refractivity contribution is 0.104. The fraction of sp³-hybridized carbons (Fsp3) is 0.0625. The second-order valence-corrected chi connectivity index (χ2v) is 4.42. The molecule has 0 atom stereocenters. The van der Waals surface area contributed by atoms with Crippen LogP contribution in [0.5, 0.6) is 0 Å². The lowest BCUT2D eigenvalue weighted by Gasteiger charge is -2.02. The van der Waals surface area contributed by atoms with Gasteiger partial charge in [0.2, 0.25) is 0 Å². The Labute approximate surface area is 112 Å². The maximum atomic E-state index is 12.0. The van der Waals surface area contributed by atoms with Crippen LogP contribution < -0.4 is 0 Å². The molecule has 2 aromatic carbocycles. The third-order valence-electron chi connectivity index (χ3n) is 2.68. The summed E-state index contributed by atoms with van der Waals surface area (Å²) in [4.78, 5) is 12.0. The first-order chi connectivity index (χ1) is 8.68. The van der Waals surface area contributed by atoms with E-state index in [-0.39, 0.29) is 5.78 Å². The minimum absolute atomic E-state index is 0.0763. The number of hydrogen-bond acceptors (Lipinski definition) is 1. The van der Waals surface area contributed by atoms with Crippen LogP contribution in [0.4, 0.5) is 0 Å². The maximum absolute atomic E-state index is 12.0. The summed E-state index contributed by atoms with van der Waals surface area (Å²) in [6, 6.07) is 15.2. The maximum Gasteiger partial charge on any atom is 0.187 e. The monoisotopic (exact) mass is 256 g/mol. The van der Waals surface area contributed by atoms with E-state index in [1.54, 1.807) is 18.2 Å². The summed E-state index contributed by atoms with van der Waals surface area (Å²) in [5.74, 6) is -0.0763. The van der Waals surface area contributed by atoms with Gasteiger partial charge in [0, 0.05) is 5.56 Å². The minimum Gasteiger partial charge on any atom is -0.289 e. The van der Waals surface area contributed by atoms with Gasteiger partial charge in [-0.25, -0.2) is 0 Å². The van der Waals surface area contributed by atoms with Crippen molar-refractivity contribution in [2.45, 2.75) is 6.92 Å². The molecular formula is C16H13ClO. The zero-order chi connectivity index (χ0) is 13.0. The van der Waals surface area contributed by atoms with E-state index in [4.69, 9.17) is 11.6 Å². The normalized spacial score (nSPS) is 10.8. The van der Waals surface area contributed by atoms with E-state index in [0.29, 0.717) is 10.6 Å². The number of carbonyl (C=O) groups is 1. The van der Waals surface area contributed by atoms with E-state index in [2.05, 4.69) is 0 Å². The summed E-state index contributed by atoms with van der Waals surface area (Å²) in [5.41, 5.74) is 2.45. The smallest absolute Gasteiger partial charge is 0.187 e. The van der Waals surface area contributed by atoms with Gasteiger partial charge in [0.05, 0.1) is 5.02 Å². The fourth-order valence-electron chi connectivity index (χ4n) is 1.66. The van der Waals surface area contributed by atoms with E-state index in [0.717, 1.165) is 11.1 Å². The molecular weight excluding hydrogens is 244 g/mol. The zero-order valence-electron chi connectivity index (χ0n) is 10.1. The summed E-state index contributed by atoms with van der Waals surface area (Å²) >= 11 is 6.12. The second kappa shape index (κ2) is 5.65. The van der Waals surface area contributed by atoms with Crippen molar-refractivity contribution in [3.05, 3.63) is 76.3 Å². The summed E-state index contributed by atoms with van der Waals surface area (Å²) in [7, 11) is 0. The number of halogens is 1. The number of allylic oxidation sites excluding steroid dienone is 1. The highest BCUT2D eigenvalue weighted by Gasteiger charge is 2.08. The van der Waals surface area contributed by atoms with Crippen molar-refractivity contribution in [2.75, 3.05) is 0 Å². The third kappa shape index (κ3) is 2.88. The molecule has 0 aromatic heterocycles. The molecule has 90 valence electrons. The summed E-state index contributed by atoms with van der Waals surface area (Å²) in [6.07, 6.45) is 3.34. The fourth-order valence-corrected chi connectivity index (χ4v) is 1.88. The molecule has 0 unspecified atom stereocenters. The lowest BCUT2D eigenvalue weighted by Crippen LogP contribution is -1.96. The highest BCUT2D eigenvalue weighted by Crippen LogP contribution is 2.21. The Balaban J connectivity index is 2.23. The Kier molecular flexibility index (Phi) is 3.96. The molecule has 2 rings (SSSR count). The van der Waals surface area contributed by atoms with Gasteiger partial charge >= 0.3 is 0 Å². The lowest BCUT2D eigenvalue weighted by atomic mass is 10.1. The molecule has 18 heavy (non-hydrogen) atoms. The first kappa shape index (κ1) is 12.6. The van der Waals surface area contributed by atoms with Crippen LogP contribution in [0.1, 0.15) is 21.5 Å². The van der Waals surface area contributed by atoms with Gasteiger partial charge in [-0.3, -0.25) is 4.79 Å². The molecule has 0 saturated heterocycles. The molecule has 2 aromatic rings. The van der Waals surface area contributed by atoms with Crippen LogP contribution in [-0.2, 0) is 0 Å². The molecule has 0 aliphatic rings. The van der Waals surface area contributed by atoms with Crippen LogP contribution in [-0.4, -0.2) is 5.78 Å². The molecule has 0 saturated carbocycles. The molecule has 0 spiro atoms. The standard InChI is InChI=1S/C16H13ClO/c1-12-6-5-9-14(16(12)17)15(18)11-10-13-7-3-2-4-8-13/h2-11H,1H3/b11-10+. The van der Waals surface area contributed by atoms with E-state index >= 15 is 0 Å². The van der Waals surface area contributed by atoms with Gasteiger partial charge in [-0.2, -0.15) is 0 Å². The van der Waals surface area contributed by atoms with Gasteiger partial charge in [-0.15, -0.1) is 0 Å². The number of aryl methyl sites for hydroxylation is 1. The molecule has 0 N–H and O–H groups in total. The molecule has 0 heterocycles. The Morgan fingerprint density at radius 1 is 1.06 bits per heavy atom. The zero-order valence-corrected chi connectivity index (χ0v) is 10.8. The van der Waals surface area contributed by atoms with Crippen molar-refractivity contribution in [1.29, 1.82) is 0 Å². The molecule has 0 radical (unpaired) electrons. The van der Waals surface area contributed by atoms with Gasteiger partial charge in [-0.05, 0) is 30.2 Å². The SMILES string of the molecule is Cc1cccc(C(=O)/C=C/c2ccccc2)c1Cl. The number of benzene rings is 2. The van der Waals surface area contributed by atoms with Gasteiger partial charge in [0.15, 0.2) is 5.78 Å². The van der Waals surface area contributed by atoms with Crippen molar-refractivity contribution in [3.8, 4) is 0 Å². The molecule has 0 aliphatic heterocycles. The van der Waals surface area contributed by atoms with Gasteiger partial charge < -0.3 is 0 Å². The Hall–Kier alpha value is -1.86. The highest BCUT2D eigenvalue weighted by atomic mass is 35.5.